The van der Waals surface area contributed by atoms with Gasteiger partial charge in [-0.3, -0.25) is 0 Å². The Labute approximate surface area is 316 Å². The minimum absolute atomic E-state index is 0.591. The maximum atomic E-state index is 8.30. The normalized spacial score (nSPS) is 11.6. The highest BCUT2D eigenvalue weighted by molar-refractivity contribution is 6.17. The van der Waals surface area contributed by atoms with Crippen LogP contribution >= 0.6 is 0 Å². The molecule has 0 radical (unpaired) electrons. The highest BCUT2D eigenvalue weighted by atomic mass is 15.0. The molecule has 0 N–H and O–H groups in total. The van der Waals surface area contributed by atoms with Crippen LogP contribution in [0.2, 0.25) is 0 Å². The van der Waals surface area contributed by atoms with E-state index < -0.39 is 0 Å². The summed E-state index contributed by atoms with van der Waals surface area (Å²) in [5.74, 6) is 0. The molecule has 11 aromatic rings. The molecule has 0 spiro atoms. The molecule has 0 unspecified atom stereocenters. The summed E-state index contributed by atoms with van der Waals surface area (Å²) in [4.78, 5) is 7.93. The molecule has 8 aromatic carbocycles. The van der Waals surface area contributed by atoms with Crippen molar-refractivity contribution in [2.75, 3.05) is 0 Å². The van der Waals surface area contributed by atoms with Gasteiger partial charge in [-0.1, -0.05) is 115 Å². The summed E-state index contributed by atoms with van der Waals surface area (Å²) in [6, 6.07) is 61.2. The van der Waals surface area contributed by atoms with Crippen LogP contribution < -0.4 is 0 Å². The Bertz CT molecular complexity index is 3360. The topological polar surface area (TPSA) is 23.5 Å². The van der Waals surface area contributed by atoms with Gasteiger partial charge in [0.05, 0.1) is 57.6 Å². The van der Waals surface area contributed by atoms with Crippen molar-refractivity contribution in [3.8, 4) is 28.2 Å². The summed E-state index contributed by atoms with van der Waals surface area (Å²) in [6.07, 6.45) is 0. The van der Waals surface area contributed by atoms with E-state index in [2.05, 4.69) is 175 Å². The van der Waals surface area contributed by atoms with Crippen LogP contribution in [0, 0.1) is 13.1 Å². The van der Waals surface area contributed by atoms with Crippen LogP contribution in [-0.4, -0.2) is 13.7 Å². The molecule has 0 aliphatic heterocycles. The molecule has 0 amide bonds. The van der Waals surface area contributed by atoms with Crippen LogP contribution in [0.15, 0.2) is 176 Å². The van der Waals surface area contributed by atoms with Gasteiger partial charge in [0.25, 0.3) is 0 Å². The molecule has 3 aromatic heterocycles. The van der Waals surface area contributed by atoms with E-state index in [1.807, 2.05) is 24.3 Å². The van der Waals surface area contributed by atoms with Crippen LogP contribution in [0.4, 0.5) is 11.4 Å². The average molecular weight is 700 g/mol. The lowest BCUT2D eigenvalue weighted by atomic mass is 10.0. The number of hydrogen-bond donors (Lipinski definition) is 0. The molecule has 0 aliphatic rings. The lowest BCUT2D eigenvalue weighted by molar-refractivity contribution is 1.17. The van der Waals surface area contributed by atoms with E-state index in [0.717, 1.165) is 82.8 Å². The Hall–Kier alpha value is -7.86. The Morgan fingerprint density at radius 2 is 0.927 bits per heavy atom. The minimum atomic E-state index is 0.591. The van der Waals surface area contributed by atoms with Crippen molar-refractivity contribution >= 4 is 76.8 Å². The third-order valence-corrected chi connectivity index (χ3v) is 11.1. The lowest BCUT2D eigenvalue weighted by Crippen LogP contribution is -1.99. The van der Waals surface area contributed by atoms with Gasteiger partial charge in [-0.2, -0.15) is 0 Å². The first-order valence-electron chi connectivity index (χ1n) is 18.3. The number of benzene rings is 8. The second kappa shape index (κ2) is 11.8. The molecule has 0 bridgehead atoms. The van der Waals surface area contributed by atoms with Crippen LogP contribution in [0.5, 0.6) is 0 Å². The van der Waals surface area contributed by atoms with Crippen molar-refractivity contribution in [1.29, 1.82) is 0 Å². The Kier molecular flexibility index (Phi) is 6.61. The quantitative estimate of drug-likeness (QED) is 0.163. The van der Waals surface area contributed by atoms with Crippen LogP contribution in [0.3, 0.4) is 0 Å². The number of fused-ring (bicyclic) bond motifs is 9. The highest BCUT2D eigenvalue weighted by Crippen LogP contribution is 2.44. The van der Waals surface area contributed by atoms with E-state index in [4.69, 9.17) is 13.1 Å². The van der Waals surface area contributed by atoms with Gasteiger partial charge in [0.15, 0.2) is 5.69 Å². The van der Waals surface area contributed by atoms with Gasteiger partial charge in [-0.15, -0.1) is 0 Å². The number of rotatable bonds is 4. The van der Waals surface area contributed by atoms with Gasteiger partial charge < -0.3 is 13.7 Å². The van der Waals surface area contributed by atoms with E-state index in [1.165, 1.54) is 10.8 Å². The Balaban J connectivity index is 1.19. The predicted octanol–water partition coefficient (Wildman–Crippen LogP) is 13.7. The standard InChI is InChI=1S/C50H29N5/c1-51-33-28-29-46-40(31-33)49-47(26-13-27-48(49)54-42-22-7-3-16-36(42)37-17-4-8-23-43(37)54)53(46)34-15-11-14-32(30-34)35-20-12-21-41(52-2)50(35)55-44-24-9-5-18-38(44)39-19-6-10-25-45(39)55/h3-31H. The van der Waals surface area contributed by atoms with Gasteiger partial charge in [-0.05, 0) is 77.2 Å². The van der Waals surface area contributed by atoms with Crippen molar-refractivity contribution in [3.05, 3.63) is 199 Å². The predicted molar refractivity (Wildman–Crippen MR) is 227 cm³/mol. The minimum Gasteiger partial charge on any atom is -0.318 e. The molecule has 0 saturated carbocycles. The largest absolute Gasteiger partial charge is 0.318 e. The van der Waals surface area contributed by atoms with Gasteiger partial charge >= 0.3 is 0 Å². The summed E-state index contributed by atoms with van der Waals surface area (Å²) < 4.78 is 6.94. The molecule has 11 rings (SSSR count). The van der Waals surface area contributed by atoms with Crippen molar-refractivity contribution < 1.29 is 0 Å². The summed E-state index contributed by atoms with van der Waals surface area (Å²) in [5.41, 5.74) is 12.6. The maximum Gasteiger partial charge on any atom is 0.211 e. The summed E-state index contributed by atoms with van der Waals surface area (Å²) in [5, 5.41) is 6.82. The van der Waals surface area contributed by atoms with Crippen molar-refractivity contribution in [3.63, 3.8) is 0 Å². The first-order chi connectivity index (χ1) is 27.2. The second-order valence-corrected chi connectivity index (χ2v) is 13.9. The number of aromatic nitrogens is 3. The van der Waals surface area contributed by atoms with Gasteiger partial charge in [0.2, 0.25) is 5.69 Å². The third-order valence-electron chi connectivity index (χ3n) is 11.1. The SMILES string of the molecule is [C-]#[N+]c1ccc2c(c1)c1c(-n3c4ccccc4c4ccccc43)cccc1n2-c1cccc(-c2cccc([N+]#[C-])c2-n2c3ccccc3c3ccccc32)c1. The second-order valence-electron chi connectivity index (χ2n) is 13.9. The zero-order valence-corrected chi connectivity index (χ0v) is 29.5. The molecule has 55 heavy (non-hydrogen) atoms. The zero-order valence-electron chi connectivity index (χ0n) is 29.5. The van der Waals surface area contributed by atoms with Crippen LogP contribution in [0.1, 0.15) is 0 Å². The van der Waals surface area contributed by atoms with E-state index >= 15 is 0 Å². The molecule has 5 nitrogen and oxygen atoms in total. The maximum absolute atomic E-state index is 8.30. The van der Waals surface area contributed by atoms with Crippen LogP contribution in [0.25, 0.3) is 103 Å². The fourth-order valence-corrected chi connectivity index (χ4v) is 8.82. The first-order valence-corrected chi connectivity index (χ1v) is 18.3. The molecule has 0 atom stereocenters. The average Bonchev–Trinajstić information content (AvgIpc) is 3.89. The number of para-hydroxylation sites is 5. The van der Waals surface area contributed by atoms with Gasteiger partial charge in [-0.25, -0.2) is 9.69 Å². The Morgan fingerprint density at radius 1 is 0.382 bits per heavy atom. The highest BCUT2D eigenvalue weighted by Gasteiger charge is 2.22. The molecule has 5 heteroatoms. The van der Waals surface area contributed by atoms with E-state index in [-0.39, 0.29) is 0 Å². The zero-order chi connectivity index (χ0) is 36.6. The third kappa shape index (κ3) is 4.39. The van der Waals surface area contributed by atoms with E-state index in [0.29, 0.717) is 11.4 Å². The molecule has 3 heterocycles. The van der Waals surface area contributed by atoms with Crippen molar-refractivity contribution in [1.82, 2.24) is 13.7 Å². The summed E-state index contributed by atoms with van der Waals surface area (Å²) in [7, 11) is 0. The van der Waals surface area contributed by atoms with Gasteiger partial charge in [0, 0.05) is 32.6 Å². The molecule has 0 fully saturated rings. The fourth-order valence-electron chi connectivity index (χ4n) is 8.82. The first kappa shape index (κ1) is 30.7. The van der Waals surface area contributed by atoms with Gasteiger partial charge in [0.1, 0.15) is 0 Å². The monoisotopic (exact) mass is 699 g/mol. The number of hydrogen-bond acceptors (Lipinski definition) is 0. The van der Waals surface area contributed by atoms with Crippen molar-refractivity contribution in [2.45, 2.75) is 0 Å². The fraction of sp³-hybridized carbons (Fsp3) is 0. The Morgan fingerprint density at radius 3 is 1.55 bits per heavy atom. The summed E-state index contributed by atoms with van der Waals surface area (Å²) in [6.45, 7) is 16.2. The van der Waals surface area contributed by atoms with E-state index in [1.54, 1.807) is 0 Å². The van der Waals surface area contributed by atoms with Crippen LogP contribution in [-0.2, 0) is 0 Å². The molecular formula is C50H29N5. The molecule has 0 saturated heterocycles. The molecular weight excluding hydrogens is 671 g/mol. The lowest BCUT2D eigenvalue weighted by Gasteiger charge is -2.17. The molecule has 254 valence electrons. The van der Waals surface area contributed by atoms with E-state index in [9.17, 15) is 0 Å². The smallest absolute Gasteiger partial charge is 0.211 e. The molecule has 0 aliphatic carbocycles. The number of nitrogens with zero attached hydrogens (tertiary/aromatic N) is 5. The van der Waals surface area contributed by atoms with Crippen molar-refractivity contribution in [2.24, 2.45) is 0 Å². The summed E-state index contributed by atoms with van der Waals surface area (Å²) >= 11 is 0.